The Morgan fingerprint density at radius 3 is 1.60 bits per heavy atom. The van der Waals surface area contributed by atoms with Crippen LogP contribution < -0.4 is 17.2 Å². The van der Waals surface area contributed by atoms with Crippen molar-refractivity contribution in [1.29, 1.82) is 0 Å². The monoisotopic (exact) mass is 809 g/mol. The minimum Gasteiger partial charge on any atom is -0.394 e. The molecule has 1 aliphatic heterocycles. The quantitative estimate of drug-likeness (QED) is 0.0271. The molecule has 0 aromatic heterocycles. The van der Waals surface area contributed by atoms with Crippen molar-refractivity contribution < 1.29 is 34.4 Å². The fourth-order valence-corrected chi connectivity index (χ4v) is 8.33. The third-order valence-corrected chi connectivity index (χ3v) is 11.8. The summed E-state index contributed by atoms with van der Waals surface area (Å²) in [6, 6.07) is -1.22. The molecule has 1 saturated heterocycles. The highest BCUT2D eigenvalue weighted by molar-refractivity contribution is 6.05. The molecule has 334 valence electrons. The predicted molar refractivity (Wildman–Crippen MR) is 232 cm³/mol. The molecule has 0 aromatic carbocycles. The van der Waals surface area contributed by atoms with Gasteiger partial charge in [0.05, 0.1) is 19.2 Å². The highest BCUT2D eigenvalue weighted by Gasteiger charge is 2.72. The minimum atomic E-state index is -2.64. The molecular weight excluding hydrogens is 721 g/mol. The summed E-state index contributed by atoms with van der Waals surface area (Å²) in [5.74, 6) is -2.30. The highest BCUT2D eigenvalue weighted by atomic mass is 16.6. The molecule has 0 spiro atoms. The molecule has 0 aliphatic carbocycles. The molecule has 1 aliphatic rings. The molecule has 11 nitrogen and oxygen atoms in total. The molecule has 6 atom stereocenters. The number of unbranched alkanes of at least 4 members (excludes halogenated alkanes) is 22. The van der Waals surface area contributed by atoms with Gasteiger partial charge in [-0.15, -0.1) is 0 Å². The predicted octanol–water partition coefficient (Wildman–Crippen LogP) is 7.53. The van der Waals surface area contributed by atoms with Gasteiger partial charge in [0.25, 0.3) is 0 Å². The van der Waals surface area contributed by atoms with Crippen LogP contribution in [0.1, 0.15) is 201 Å². The van der Waals surface area contributed by atoms with Crippen LogP contribution in [-0.4, -0.2) is 93.0 Å². The molecule has 0 aromatic rings. The molecule has 9 N–H and O–H groups in total. The summed E-state index contributed by atoms with van der Waals surface area (Å²) in [6.07, 6.45) is 26.9. The second-order valence-corrected chi connectivity index (χ2v) is 17.3. The number of rotatable bonds is 36. The average Bonchev–Trinajstić information content (AvgIpc) is 3.19. The summed E-state index contributed by atoms with van der Waals surface area (Å²) >= 11 is 0. The largest absolute Gasteiger partial charge is 0.394 e. The number of Topliss-reactive ketones (excluding diaryl/α,β-unsaturated/α-hetero) is 2. The number of hydrogen-bond acceptors (Lipinski definition) is 10. The maximum absolute atomic E-state index is 14.8. The Morgan fingerprint density at radius 1 is 0.719 bits per heavy atom. The van der Waals surface area contributed by atoms with Crippen molar-refractivity contribution in [3.63, 3.8) is 0 Å². The number of allylic oxidation sites excluding steroid dienone is 2. The topological polar surface area (TPSA) is 202 Å². The molecule has 11 heteroatoms. The minimum absolute atomic E-state index is 0.0131. The third kappa shape index (κ3) is 17.8. The number of carbonyl (C=O) groups excluding carboxylic acids is 3. The molecule has 1 fully saturated rings. The van der Waals surface area contributed by atoms with Crippen LogP contribution in [-0.2, 0) is 19.1 Å². The van der Waals surface area contributed by atoms with Crippen LogP contribution >= 0.6 is 0 Å². The van der Waals surface area contributed by atoms with Gasteiger partial charge in [-0.1, -0.05) is 162 Å². The van der Waals surface area contributed by atoms with Crippen LogP contribution in [0.25, 0.3) is 0 Å². The Hall–Kier alpha value is -1.73. The summed E-state index contributed by atoms with van der Waals surface area (Å²) in [5, 5.41) is 32.9. The second-order valence-electron chi connectivity index (χ2n) is 17.3. The average molecular weight is 809 g/mol. The first-order chi connectivity index (χ1) is 27.4. The number of ether oxygens (including phenoxy) is 1. The summed E-state index contributed by atoms with van der Waals surface area (Å²) in [4.78, 5) is 44.3. The van der Waals surface area contributed by atoms with Gasteiger partial charge in [-0.2, -0.15) is 0 Å². The molecule has 0 bridgehead atoms. The van der Waals surface area contributed by atoms with Gasteiger partial charge in [-0.3, -0.25) is 14.4 Å². The van der Waals surface area contributed by atoms with E-state index in [1.165, 1.54) is 88.4 Å². The lowest BCUT2D eigenvalue weighted by molar-refractivity contribution is -0.288. The molecule has 1 rings (SSSR count). The van der Waals surface area contributed by atoms with Gasteiger partial charge < -0.3 is 42.2 Å². The first-order valence-corrected chi connectivity index (χ1v) is 23.3. The zero-order valence-corrected chi connectivity index (χ0v) is 36.9. The van der Waals surface area contributed by atoms with Crippen molar-refractivity contribution >= 4 is 17.5 Å². The Labute approximate surface area is 347 Å². The van der Waals surface area contributed by atoms with Gasteiger partial charge in [0.2, 0.25) is 17.4 Å². The fraction of sp³-hybridized carbons (Fsp3) is 0.891. The van der Waals surface area contributed by atoms with Crippen LogP contribution in [0.3, 0.4) is 0 Å². The maximum Gasteiger partial charge on any atom is 0.233 e. The maximum atomic E-state index is 14.8. The number of hydrogen-bond donors (Lipinski definition) is 6. The van der Waals surface area contributed by atoms with E-state index in [-0.39, 0.29) is 25.3 Å². The van der Waals surface area contributed by atoms with E-state index in [1.54, 1.807) is 0 Å². The molecular formula is C46H88N4O7. The van der Waals surface area contributed by atoms with Crippen molar-refractivity contribution in [2.45, 2.75) is 237 Å². The van der Waals surface area contributed by atoms with Gasteiger partial charge >= 0.3 is 0 Å². The molecule has 1 heterocycles. The normalized spacial score (nSPS) is 23.0. The fourth-order valence-electron chi connectivity index (χ4n) is 8.33. The number of aliphatic hydroxyl groups excluding tert-OH is 3. The van der Waals surface area contributed by atoms with Crippen LogP contribution in [0.4, 0.5) is 0 Å². The number of aliphatic hydroxyl groups is 3. The van der Waals surface area contributed by atoms with Crippen molar-refractivity contribution in [2.75, 3.05) is 19.7 Å². The SMILES string of the molecule is CCCCCCCC/C=C\CCCCCCCC(=O)N(CCCCCCCCCCCCCC)[C@]1(C(=O)[C@@H](N)CC(C)C)O[C@H](CO)[C@@H](O)[C@H](O)[C@]1(N)C(=O)CN. The number of carbonyl (C=O) groups is 3. The van der Waals surface area contributed by atoms with Gasteiger partial charge in [0.1, 0.15) is 18.3 Å². The summed E-state index contributed by atoms with van der Waals surface area (Å²) in [7, 11) is 0. The Morgan fingerprint density at radius 2 is 1.16 bits per heavy atom. The third-order valence-electron chi connectivity index (χ3n) is 11.8. The lowest BCUT2D eigenvalue weighted by atomic mass is 9.68. The van der Waals surface area contributed by atoms with Crippen molar-refractivity contribution in [3.8, 4) is 0 Å². The second kappa shape index (κ2) is 31.2. The molecule has 0 unspecified atom stereocenters. The van der Waals surface area contributed by atoms with E-state index in [9.17, 15) is 29.7 Å². The van der Waals surface area contributed by atoms with E-state index in [4.69, 9.17) is 21.9 Å². The number of ketones is 2. The highest BCUT2D eigenvalue weighted by Crippen LogP contribution is 2.43. The van der Waals surface area contributed by atoms with Gasteiger partial charge in [-0.05, 0) is 50.9 Å². The summed E-state index contributed by atoms with van der Waals surface area (Å²) in [6.45, 7) is 6.77. The van der Waals surface area contributed by atoms with Crippen molar-refractivity contribution in [3.05, 3.63) is 12.2 Å². The van der Waals surface area contributed by atoms with E-state index in [0.717, 1.165) is 64.2 Å². The Bertz CT molecular complexity index is 1110. The first-order valence-electron chi connectivity index (χ1n) is 23.3. The van der Waals surface area contributed by atoms with Gasteiger partial charge in [0, 0.05) is 13.0 Å². The van der Waals surface area contributed by atoms with Gasteiger partial charge in [0.15, 0.2) is 11.3 Å². The summed E-state index contributed by atoms with van der Waals surface area (Å²) < 4.78 is 6.29. The van der Waals surface area contributed by atoms with E-state index in [1.807, 2.05) is 13.8 Å². The van der Waals surface area contributed by atoms with Gasteiger partial charge in [-0.25, -0.2) is 0 Å². The van der Waals surface area contributed by atoms with Crippen molar-refractivity contribution in [2.24, 2.45) is 23.1 Å². The Balaban J connectivity index is 3.15. The number of amides is 1. The molecule has 0 radical (unpaired) electrons. The van der Waals surface area contributed by atoms with E-state index in [2.05, 4.69) is 26.0 Å². The summed E-state index contributed by atoms with van der Waals surface area (Å²) in [5.41, 5.74) is 14.0. The zero-order chi connectivity index (χ0) is 42.5. The van der Waals surface area contributed by atoms with E-state index < -0.39 is 66.2 Å². The van der Waals surface area contributed by atoms with Crippen LogP contribution in [0.5, 0.6) is 0 Å². The molecule has 1 amide bonds. The van der Waals surface area contributed by atoms with E-state index >= 15 is 0 Å². The lowest BCUT2D eigenvalue weighted by Gasteiger charge is -2.59. The smallest absolute Gasteiger partial charge is 0.233 e. The number of nitrogens with zero attached hydrogens (tertiary/aromatic N) is 1. The Kier molecular flexibility index (Phi) is 29.2. The first kappa shape index (κ1) is 53.3. The molecule has 57 heavy (non-hydrogen) atoms. The lowest BCUT2D eigenvalue weighted by Crippen LogP contribution is -2.88. The zero-order valence-electron chi connectivity index (χ0n) is 36.9. The van der Waals surface area contributed by atoms with Crippen LogP contribution in [0, 0.1) is 5.92 Å². The standard InChI is InChI=1S/C46H88N4O7/c1-5-7-9-11-13-15-17-19-20-21-22-24-26-28-30-32-41(53)50(33-31-29-27-25-23-18-16-14-12-10-8-6-2)46(43(55)38(48)34-37(3)4)45(49,40(52)35-47)44(56)42(54)39(36-51)57-46/h19-20,37-39,42,44,51,54,56H,5-18,21-36,47-49H2,1-4H3/b20-19-/t38-,39+,42+,44-,45+,46+/m0/s1. The van der Waals surface area contributed by atoms with Crippen LogP contribution in [0.15, 0.2) is 12.2 Å². The van der Waals surface area contributed by atoms with Crippen molar-refractivity contribution in [1.82, 2.24) is 4.90 Å². The van der Waals surface area contributed by atoms with E-state index in [0.29, 0.717) is 12.8 Å². The number of nitrogens with two attached hydrogens (primary N) is 3. The molecule has 0 saturated carbocycles. The van der Waals surface area contributed by atoms with Crippen LogP contribution in [0.2, 0.25) is 0 Å².